The molecule has 4 nitrogen and oxygen atoms in total. The second-order valence-corrected chi connectivity index (χ2v) is 8.91. The van der Waals surface area contributed by atoms with E-state index >= 15 is 0 Å². The molecule has 4 fully saturated rings. The minimum atomic E-state index is -0.317. The number of piperidine rings is 2. The molecule has 0 spiro atoms. The van der Waals surface area contributed by atoms with Crippen molar-refractivity contribution in [1.29, 1.82) is 0 Å². The van der Waals surface area contributed by atoms with Crippen LogP contribution < -0.4 is 0 Å². The molecule has 4 aliphatic heterocycles. The second kappa shape index (κ2) is 4.79. The molecule has 0 radical (unpaired) electrons. The first-order valence-corrected chi connectivity index (χ1v) is 8.65. The van der Waals surface area contributed by atoms with E-state index in [9.17, 15) is 10.2 Å². The van der Waals surface area contributed by atoms with E-state index in [1.165, 1.54) is 5.56 Å². The Morgan fingerprint density at radius 1 is 1.09 bits per heavy atom. The Bertz CT molecular complexity index is 585. The summed E-state index contributed by atoms with van der Waals surface area (Å²) in [6, 6.07) is 10.5. The molecule has 0 amide bonds. The van der Waals surface area contributed by atoms with Gasteiger partial charge in [-0.15, -0.1) is 0 Å². The summed E-state index contributed by atoms with van der Waals surface area (Å²) >= 11 is 0. The van der Waals surface area contributed by atoms with Crippen LogP contribution in [-0.2, 0) is 5.41 Å². The summed E-state index contributed by atoms with van der Waals surface area (Å²) in [5.41, 5.74) is 0.767. The lowest BCUT2D eigenvalue weighted by molar-refractivity contribution is -0.253. The standard InChI is InChI=1S/C19H28N2O2/c1-17(2,13-22)16-20-9-18(3)10-21(16)12-19(11-20,15(18)23)14-7-5-4-6-8-14/h4-8,15-16,22-23H,9-13H2,1-3H3. The molecule has 3 unspecified atom stereocenters. The van der Waals surface area contributed by atoms with Crippen LogP contribution in [0.5, 0.6) is 0 Å². The quantitative estimate of drug-likeness (QED) is 0.882. The van der Waals surface area contributed by atoms with Crippen molar-refractivity contribution < 1.29 is 10.2 Å². The maximum absolute atomic E-state index is 11.2. The fourth-order valence-electron chi connectivity index (χ4n) is 5.63. The van der Waals surface area contributed by atoms with E-state index in [1.54, 1.807) is 0 Å². The summed E-state index contributed by atoms with van der Waals surface area (Å²) in [5.74, 6) is 0. The Kier molecular flexibility index (Phi) is 3.24. The van der Waals surface area contributed by atoms with Crippen molar-refractivity contribution in [2.75, 3.05) is 32.8 Å². The van der Waals surface area contributed by atoms with Gasteiger partial charge < -0.3 is 10.2 Å². The normalized spacial score (nSPS) is 45.4. The van der Waals surface area contributed by atoms with Crippen molar-refractivity contribution >= 4 is 0 Å². The molecule has 4 bridgehead atoms. The third-order valence-corrected chi connectivity index (χ3v) is 6.43. The van der Waals surface area contributed by atoms with E-state index in [4.69, 9.17) is 0 Å². The Morgan fingerprint density at radius 2 is 1.65 bits per heavy atom. The average molecular weight is 316 g/mol. The van der Waals surface area contributed by atoms with Crippen molar-refractivity contribution in [3.05, 3.63) is 35.9 Å². The average Bonchev–Trinajstić information content (AvgIpc) is 2.52. The number of nitrogens with zero attached hydrogens (tertiary/aromatic N) is 2. The first-order valence-electron chi connectivity index (χ1n) is 8.65. The van der Waals surface area contributed by atoms with Crippen LogP contribution in [0.25, 0.3) is 0 Å². The summed E-state index contributed by atoms with van der Waals surface area (Å²) in [4.78, 5) is 5.01. The number of aliphatic hydroxyl groups excluding tert-OH is 2. The van der Waals surface area contributed by atoms with Gasteiger partial charge in [-0.3, -0.25) is 9.80 Å². The molecule has 5 rings (SSSR count). The Hall–Kier alpha value is -0.940. The second-order valence-electron chi connectivity index (χ2n) is 8.91. The highest BCUT2D eigenvalue weighted by Crippen LogP contribution is 2.54. The van der Waals surface area contributed by atoms with Crippen molar-refractivity contribution in [2.45, 2.75) is 38.5 Å². The molecule has 4 saturated heterocycles. The van der Waals surface area contributed by atoms with Crippen molar-refractivity contribution in [2.24, 2.45) is 10.8 Å². The van der Waals surface area contributed by atoms with Crippen LogP contribution in [0, 0.1) is 10.8 Å². The maximum Gasteiger partial charge on any atom is 0.0739 e. The lowest BCUT2D eigenvalue weighted by Crippen LogP contribution is -2.83. The third kappa shape index (κ3) is 1.99. The van der Waals surface area contributed by atoms with Gasteiger partial charge in [0.05, 0.1) is 18.9 Å². The predicted molar refractivity (Wildman–Crippen MR) is 90.0 cm³/mol. The minimum Gasteiger partial charge on any atom is -0.396 e. The monoisotopic (exact) mass is 316 g/mol. The highest BCUT2D eigenvalue weighted by atomic mass is 16.3. The van der Waals surface area contributed by atoms with Crippen LogP contribution in [0.2, 0.25) is 0 Å². The van der Waals surface area contributed by atoms with Gasteiger partial charge >= 0.3 is 0 Å². The molecule has 4 aliphatic rings. The molecule has 1 aromatic rings. The molecule has 4 heteroatoms. The van der Waals surface area contributed by atoms with Crippen molar-refractivity contribution in [3.8, 4) is 0 Å². The first-order chi connectivity index (χ1) is 10.8. The summed E-state index contributed by atoms with van der Waals surface area (Å²) < 4.78 is 0. The summed E-state index contributed by atoms with van der Waals surface area (Å²) in [5, 5.41) is 21.1. The van der Waals surface area contributed by atoms with E-state index in [0.29, 0.717) is 0 Å². The van der Waals surface area contributed by atoms with Gasteiger partial charge in [-0.05, 0) is 5.56 Å². The van der Waals surface area contributed by atoms with E-state index < -0.39 is 0 Å². The minimum absolute atomic E-state index is 0.103. The molecule has 0 aromatic heterocycles. The van der Waals surface area contributed by atoms with Crippen LogP contribution in [0.1, 0.15) is 26.3 Å². The van der Waals surface area contributed by atoms with Gasteiger partial charge in [0, 0.05) is 42.4 Å². The van der Waals surface area contributed by atoms with Crippen LogP contribution in [0.3, 0.4) is 0 Å². The van der Waals surface area contributed by atoms with Gasteiger partial charge in [-0.2, -0.15) is 0 Å². The molecule has 0 saturated carbocycles. The molecular formula is C19H28N2O2. The smallest absolute Gasteiger partial charge is 0.0739 e. The fourth-order valence-corrected chi connectivity index (χ4v) is 5.63. The van der Waals surface area contributed by atoms with Gasteiger partial charge in [0.25, 0.3) is 0 Å². The highest BCUT2D eigenvalue weighted by Gasteiger charge is 2.65. The summed E-state index contributed by atoms with van der Waals surface area (Å²) in [7, 11) is 0. The molecule has 1 aromatic carbocycles. The maximum atomic E-state index is 11.2. The SMILES string of the molecule is CC(C)(CO)C1N2CC3(C)CN1CC(c1ccccc1)(C2)C3O. The van der Waals surface area contributed by atoms with Gasteiger partial charge in [0.1, 0.15) is 0 Å². The van der Waals surface area contributed by atoms with E-state index in [1.807, 2.05) is 6.07 Å². The van der Waals surface area contributed by atoms with E-state index in [2.05, 4.69) is 54.8 Å². The third-order valence-electron chi connectivity index (χ3n) is 6.43. The summed E-state index contributed by atoms with van der Waals surface area (Å²) in [6.07, 6.45) is -0.0620. The van der Waals surface area contributed by atoms with Crippen LogP contribution in [-0.4, -0.2) is 65.1 Å². The zero-order valence-electron chi connectivity index (χ0n) is 14.4. The zero-order chi connectivity index (χ0) is 16.5. The van der Waals surface area contributed by atoms with Gasteiger partial charge in [0.15, 0.2) is 0 Å². The molecule has 4 heterocycles. The predicted octanol–water partition coefficient (Wildman–Crippen LogP) is 1.28. The van der Waals surface area contributed by atoms with Crippen LogP contribution in [0.4, 0.5) is 0 Å². The molecule has 23 heavy (non-hydrogen) atoms. The van der Waals surface area contributed by atoms with Crippen LogP contribution in [0.15, 0.2) is 30.3 Å². The van der Waals surface area contributed by atoms with E-state index in [-0.39, 0.29) is 35.1 Å². The lowest BCUT2D eigenvalue weighted by Gasteiger charge is -2.71. The molecule has 126 valence electrons. The van der Waals surface area contributed by atoms with Gasteiger partial charge in [-0.25, -0.2) is 0 Å². The van der Waals surface area contributed by atoms with Crippen molar-refractivity contribution in [3.63, 3.8) is 0 Å². The zero-order valence-corrected chi connectivity index (χ0v) is 14.4. The molecule has 2 N–H and O–H groups in total. The number of hydrogen-bond donors (Lipinski definition) is 2. The van der Waals surface area contributed by atoms with Gasteiger partial charge in [0.2, 0.25) is 0 Å². The number of benzene rings is 1. The Labute approximate surface area is 138 Å². The van der Waals surface area contributed by atoms with Gasteiger partial charge in [-0.1, -0.05) is 51.1 Å². The molecule has 3 atom stereocenters. The topological polar surface area (TPSA) is 46.9 Å². The lowest BCUT2D eigenvalue weighted by atomic mass is 9.56. The largest absolute Gasteiger partial charge is 0.396 e. The molecular weight excluding hydrogens is 288 g/mol. The summed E-state index contributed by atoms with van der Waals surface area (Å²) in [6.45, 7) is 10.3. The highest BCUT2D eigenvalue weighted by molar-refractivity contribution is 5.34. The fraction of sp³-hybridized carbons (Fsp3) is 0.684. The first kappa shape index (κ1) is 15.6. The number of hydrogen-bond acceptors (Lipinski definition) is 4. The Balaban J connectivity index is 1.79. The number of aliphatic hydroxyl groups is 2. The van der Waals surface area contributed by atoms with E-state index in [0.717, 1.165) is 26.2 Å². The molecule has 0 aliphatic carbocycles. The Morgan fingerprint density at radius 3 is 2.17 bits per heavy atom. The van der Waals surface area contributed by atoms with Crippen molar-refractivity contribution in [1.82, 2.24) is 9.80 Å². The van der Waals surface area contributed by atoms with Crippen LogP contribution >= 0.6 is 0 Å². The number of rotatable bonds is 3.